The van der Waals surface area contributed by atoms with Crippen LogP contribution in [0.5, 0.6) is 0 Å². The van der Waals surface area contributed by atoms with Crippen molar-refractivity contribution in [3.8, 4) is 0 Å². The minimum absolute atomic E-state index is 0.892. The van der Waals surface area contributed by atoms with Crippen molar-refractivity contribution in [1.82, 2.24) is 10.2 Å². The van der Waals surface area contributed by atoms with Gasteiger partial charge in [0.2, 0.25) is 0 Å². The van der Waals surface area contributed by atoms with Crippen LogP contribution in [0, 0.1) is 11.8 Å². The van der Waals surface area contributed by atoms with E-state index < -0.39 is 0 Å². The number of rotatable bonds is 7. The lowest BCUT2D eigenvalue weighted by atomic mass is 9.92. The van der Waals surface area contributed by atoms with Gasteiger partial charge in [-0.1, -0.05) is 33.6 Å². The van der Waals surface area contributed by atoms with E-state index in [4.69, 9.17) is 0 Å². The fourth-order valence-corrected chi connectivity index (χ4v) is 2.84. The molecular weight excluding hydrogens is 196 g/mol. The monoisotopic (exact) mass is 226 g/mol. The first-order valence-corrected chi connectivity index (χ1v) is 7.15. The number of hydrogen-bond donors (Lipinski definition) is 1. The van der Waals surface area contributed by atoms with Gasteiger partial charge in [0.15, 0.2) is 0 Å². The summed E-state index contributed by atoms with van der Waals surface area (Å²) >= 11 is 0. The molecule has 0 spiro atoms. The highest BCUT2D eigenvalue weighted by Gasteiger charge is 2.20. The maximum atomic E-state index is 3.56. The molecule has 0 aromatic rings. The Balaban J connectivity index is 1.99. The van der Waals surface area contributed by atoms with E-state index in [9.17, 15) is 0 Å². The molecular formula is C14H30N2. The molecule has 0 aromatic carbocycles. The van der Waals surface area contributed by atoms with Gasteiger partial charge in [-0.15, -0.1) is 0 Å². The molecule has 2 atom stereocenters. The molecule has 1 N–H and O–H groups in total. The second-order valence-corrected chi connectivity index (χ2v) is 5.66. The highest BCUT2D eigenvalue weighted by Crippen LogP contribution is 2.20. The molecule has 0 aromatic heterocycles. The predicted octanol–water partition coefficient (Wildman–Crippen LogP) is 2.74. The van der Waals surface area contributed by atoms with Crippen molar-refractivity contribution in [3.05, 3.63) is 0 Å². The summed E-state index contributed by atoms with van der Waals surface area (Å²) in [6, 6.07) is 0. The minimum Gasteiger partial charge on any atom is -0.315 e. The highest BCUT2D eigenvalue weighted by atomic mass is 15.1. The zero-order chi connectivity index (χ0) is 11.8. The summed E-state index contributed by atoms with van der Waals surface area (Å²) < 4.78 is 0. The Morgan fingerprint density at radius 2 is 1.75 bits per heavy atom. The van der Waals surface area contributed by atoms with E-state index in [2.05, 4.69) is 31.0 Å². The molecule has 2 heteroatoms. The van der Waals surface area contributed by atoms with E-state index in [-0.39, 0.29) is 0 Å². The van der Waals surface area contributed by atoms with Crippen LogP contribution in [0.3, 0.4) is 0 Å². The molecule has 0 radical (unpaired) electrons. The summed E-state index contributed by atoms with van der Waals surface area (Å²) in [4.78, 5) is 2.63. The van der Waals surface area contributed by atoms with Crippen molar-refractivity contribution in [2.24, 2.45) is 11.8 Å². The van der Waals surface area contributed by atoms with Gasteiger partial charge in [-0.25, -0.2) is 0 Å². The van der Waals surface area contributed by atoms with Crippen LogP contribution in [0.4, 0.5) is 0 Å². The lowest BCUT2D eigenvalue weighted by Gasteiger charge is -2.34. The van der Waals surface area contributed by atoms with Gasteiger partial charge in [-0.05, 0) is 31.2 Å². The molecule has 96 valence electrons. The number of likely N-dealkylation sites (tertiary alicyclic amines) is 1. The van der Waals surface area contributed by atoms with Crippen molar-refractivity contribution in [1.29, 1.82) is 0 Å². The zero-order valence-electron chi connectivity index (χ0n) is 11.5. The maximum Gasteiger partial charge on any atom is 0.0107 e. The van der Waals surface area contributed by atoms with Gasteiger partial charge in [-0.3, -0.25) is 0 Å². The molecule has 0 saturated carbocycles. The van der Waals surface area contributed by atoms with E-state index in [1.807, 2.05) is 0 Å². The first kappa shape index (κ1) is 14.0. The third kappa shape index (κ3) is 5.86. The lowest BCUT2D eigenvalue weighted by Crippen LogP contribution is -2.42. The van der Waals surface area contributed by atoms with Crippen LogP contribution in [-0.2, 0) is 0 Å². The molecule has 1 aliphatic heterocycles. The SMILES string of the molecule is CCCCCNCCN1CC(C)CC(C)C1. The Hall–Kier alpha value is -0.0800. The molecule has 1 fully saturated rings. The number of nitrogens with zero attached hydrogens (tertiary/aromatic N) is 1. The van der Waals surface area contributed by atoms with Gasteiger partial charge < -0.3 is 10.2 Å². The number of nitrogens with one attached hydrogen (secondary N) is 1. The molecule has 2 unspecified atom stereocenters. The molecule has 1 heterocycles. The topological polar surface area (TPSA) is 15.3 Å². The number of hydrogen-bond acceptors (Lipinski definition) is 2. The van der Waals surface area contributed by atoms with Gasteiger partial charge in [0, 0.05) is 26.2 Å². The first-order chi connectivity index (χ1) is 7.72. The summed E-state index contributed by atoms with van der Waals surface area (Å²) in [5.74, 6) is 1.78. The van der Waals surface area contributed by atoms with Crippen LogP contribution < -0.4 is 5.32 Å². The van der Waals surface area contributed by atoms with E-state index in [1.54, 1.807) is 0 Å². The second kappa shape index (κ2) is 8.08. The lowest BCUT2D eigenvalue weighted by molar-refractivity contribution is 0.142. The Kier molecular flexibility index (Phi) is 7.06. The normalized spacial score (nSPS) is 27.2. The Morgan fingerprint density at radius 3 is 2.38 bits per heavy atom. The third-order valence-corrected chi connectivity index (χ3v) is 3.51. The van der Waals surface area contributed by atoms with Gasteiger partial charge in [-0.2, -0.15) is 0 Å². The maximum absolute atomic E-state index is 3.56. The zero-order valence-corrected chi connectivity index (χ0v) is 11.5. The number of piperidine rings is 1. The fraction of sp³-hybridized carbons (Fsp3) is 1.00. The van der Waals surface area contributed by atoms with Crippen LogP contribution in [0.1, 0.15) is 46.5 Å². The van der Waals surface area contributed by atoms with E-state index in [1.165, 1.54) is 58.4 Å². The molecule has 2 nitrogen and oxygen atoms in total. The van der Waals surface area contributed by atoms with Crippen molar-refractivity contribution in [3.63, 3.8) is 0 Å². The fourth-order valence-electron chi connectivity index (χ4n) is 2.84. The van der Waals surface area contributed by atoms with Gasteiger partial charge >= 0.3 is 0 Å². The molecule has 1 rings (SSSR count). The Bertz CT molecular complexity index is 160. The molecule has 0 aliphatic carbocycles. The number of unbranched alkanes of at least 4 members (excludes halogenated alkanes) is 2. The van der Waals surface area contributed by atoms with Crippen molar-refractivity contribution >= 4 is 0 Å². The molecule has 1 aliphatic rings. The van der Waals surface area contributed by atoms with Crippen LogP contribution >= 0.6 is 0 Å². The van der Waals surface area contributed by atoms with Crippen LogP contribution in [-0.4, -0.2) is 37.6 Å². The average molecular weight is 226 g/mol. The molecule has 0 amide bonds. The third-order valence-electron chi connectivity index (χ3n) is 3.51. The van der Waals surface area contributed by atoms with Crippen LogP contribution in [0.15, 0.2) is 0 Å². The summed E-state index contributed by atoms with van der Waals surface area (Å²) in [5, 5.41) is 3.56. The highest BCUT2D eigenvalue weighted by molar-refractivity contribution is 4.74. The van der Waals surface area contributed by atoms with Gasteiger partial charge in [0.05, 0.1) is 0 Å². The predicted molar refractivity (Wildman–Crippen MR) is 71.8 cm³/mol. The van der Waals surface area contributed by atoms with Crippen molar-refractivity contribution < 1.29 is 0 Å². The summed E-state index contributed by atoms with van der Waals surface area (Å²) in [6.07, 6.45) is 5.44. The van der Waals surface area contributed by atoms with E-state index >= 15 is 0 Å². The van der Waals surface area contributed by atoms with Crippen molar-refractivity contribution in [2.75, 3.05) is 32.7 Å². The van der Waals surface area contributed by atoms with Crippen LogP contribution in [0.2, 0.25) is 0 Å². The van der Waals surface area contributed by atoms with E-state index in [0.29, 0.717) is 0 Å². The minimum atomic E-state index is 0.892. The van der Waals surface area contributed by atoms with E-state index in [0.717, 1.165) is 11.8 Å². The molecule has 16 heavy (non-hydrogen) atoms. The van der Waals surface area contributed by atoms with Crippen molar-refractivity contribution in [2.45, 2.75) is 46.5 Å². The van der Waals surface area contributed by atoms with Crippen LogP contribution in [0.25, 0.3) is 0 Å². The molecule has 0 bridgehead atoms. The standard InChI is InChI=1S/C14H30N2/c1-4-5-6-7-15-8-9-16-11-13(2)10-14(3)12-16/h13-15H,4-12H2,1-3H3. The quantitative estimate of drug-likeness (QED) is 0.672. The first-order valence-electron chi connectivity index (χ1n) is 7.15. The Morgan fingerprint density at radius 1 is 1.06 bits per heavy atom. The second-order valence-electron chi connectivity index (χ2n) is 5.66. The van der Waals surface area contributed by atoms with Gasteiger partial charge in [0.1, 0.15) is 0 Å². The van der Waals surface area contributed by atoms with Gasteiger partial charge in [0.25, 0.3) is 0 Å². The average Bonchev–Trinajstić information content (AvgIpc) is 2.22. The summed E-state index contributed by atoms with van der Waals surface area (Å²) in [5.41, 5.74) is 0. The molecule has 1 saturated heterocycles. The summed E-state index contributed by atoms with van der Waals surface area (Å²) in [7, 11) is 0. The largest absolute Gasteiger partial charge is 0.315 e. The Labute approximate surface area is 102 Å². The smallest absolute Gasteiger partial charge is 0.0107 e. The summed E-state index contributed by atoms with van der Waals surface area (Å²) in [6.45, 7) is 13.3.